The van der Waals surface area contributed by atoms with Gasteiger partial charge in [0.2, 0.25) is 0 Å². The predicted molar refractivity (Wildman–Crippen MR) is 82.4 cm³/mol. The number of anilines is 2. The second-order valence-corrected chi connectivity index (χ2v) is 6.29. The zero-order valence-electron chi connectivity index (χ0n) is 12.8. The molecule has 1 amide bonds. The molecule has 1 saturated heterocycles. The van der Waals surface area contributed by atoms with Gasteiger partial charge in [0.15, 0.2) is 0 Å². The van der Waals surface area contributed by atoms with E-state index in [1.165, 1.54) is 12.5 Å². The summed E-state index contributed by atoms with van der Waals surface area (Å²) < 4.78 is 14.3. The molecule has 1 aromatic rings. The summed E-state index contributed by atoms with van der Waals surface area (Å²) in [6.07, 6.45) is 3.43. The Morgan fingerprint density at radius 2 is 2.14 bits per heavy atom. The van der Waals surface area contributed by atoms with Gasteiger partial charge >= 0.3 is 0 Å². The predicted octanol–water partition coefficient (Wildman–Crippen LogP) is 2.56. The first-order valence-corrected chi connectivity index (χ1v) is 7.51. The summed E-state index contributed by atoms with van der Waals surface area (Å²) in [5, 5.41) is 2.99. The number of carbonyl (C=O) groups excluding carboxylic acids is 1. The van der Waals surface area contributed by atoms with Gasteiger partial charge in [0, 0.05) is 39.3 Å². The van der Waals surface area contributed by atoms with Crippen LogP contribution in [0.15, 0.2) is 12.1 Å². The van der Waals surface area contributed by atoms with Crippen LogP contribution in [0.25, 0.3) is 0 Å². The van der Waals surface area contributed by atoms with Crippen LogP contribution in [0.1, 0.15) is 29.6 Å². The Hall–Kier alpha value is -1.78. The van der Waals surface area contributed by atoms with Gasteiger partial charge in [-0.25, -0.2) is 4.39 Å². The molecule has 21 heavy (non-hydrogen) atoms. The topological polar surface area (TPSA) is 35.6 Å². The summed E-state index contributed by atoms with van der Waals surface area (Å²) in [5.74, 6) is 0.246. The molecule has 0 spiro atoms. The number of nitrogens with one attached hydrogen (secondary N) is 1. The number of carbonyl (C=O) groups is 1. The SMILES string of the molecule is CNc1cc(C(=O)N2C[C@H]3CC[C@@H]2C3)cc(F)c1N(C)C. The summed E-state index contributed by atoms with van der Waals surface area (Å²) in [6, 6.07) is 3.48. The molecule has 0 radical (unpaired) electrons. The lowest BCUT2D eigenvalue weighted by atomic mass is 10.1. The molecule has 1 aliphatic carbocycles. The first-order valence-electron chi connectivity index (χ1n) is 7.51. The molecule has 0 unspecified atom stereocenters. The third-order valence-corrected chi connectivity index (χ3v) is 4.70. The minimum atomic E-state index is -0.362. The van der Waals surface area contributed by atoms with Gasteiger partial charge in [-0.15, -0.1) is 0 Å². The molecule has 1 saturated carbocycles. The van der Waals surface area contributed by atoms with E-state index in [1.54, 1.807) is 32.1 Å². The highest BCUT2D eigenvalue weighted by atomic mass is 19.1. The van der Waals surface area contributed by atoms with Crippen molar-refractivity contribution in [2.24, 2.45) is 5.92 Å². The van der Waals surface area contributed by atoms with Gasteiger partial charge in [0.1, 0.15) is 5.82 Å². The fourth-order valence-electron chi connectivity index (χ4n) is 3.71. The third kappa shape index (κ3) is 2.34. The summed E-state index contributed by atoms with van der Waals surface area (Å²) >= 11 is 0. The van der Waals surface area contributed by atoms with Crippen LogP contribution in [0.3, 0.4) is 0 Å². The van der Waals surface area contributed by atoms with E-state index >= 15 is 0 Å². The van der Waals surface area contributed by atoms with Gasteiger partial charge in [0.05, 0.1) is 11.4 Å². The molecule has 3 rings (SSSR count). The quantitative estimate of drug-likeness (QED) is 0.929. The van der Waals surface area contributed by atoms with Crippen molar-refractivity contribution in [3.05, 3.63) is 23.5 Å². The van der Waals surface area contributed by atoms with Gasteiger partial charge in [-0.2, -0.15) is 0 Å². The number of amides is 1. The number of benzene rings is 1. The monoisotopic (exact) mass is 291 g/mol. The van der Waals surface area contributed by atoms with E-state index < -0.39 is 0 Å². The summed E-state index contributed by atoms with van der Waals surface area (Å²) in [6.45, 7) is 0.829. The lowest BCUT2D eigenvalue weighted by Crippen LogP contribution is -2.37. The Balaban J connectivity index is 1.92. The van der Waals surface area contributed by atoms with Crippen LogP contribution in [0.2, 0.25) is 0 Å². The number of hydrogen-bond acceptors (Lipinski definition) is 3. The summed E-state index contributed by atoms with van der Waals surface area (Å²) in [4.78, 5) is 16.3. The zero-order valence-corrected chi connectivity index (χ0v) is 12.8. The van der Waals surface area contributed by atoms with E-state index in [-0.39, 0.29) is 11.7 Å². The number of nitrogens with zero attached hydrogens (tertiary/aromatic N) is 2. The molecule has 0 aromatic heterocycles. The highest BCUT2D eigenvalue weighted by molar-refractivity contribution is 5.97. The van der Waals surface area contributed by atoms with Crippen LogP contribution < -0.4 is 10.2 Å². The summed E-state index contributed by atoms with van der Waals surface area (Å²) in [5.41, 5.74) is 1.57. The van der Waals surface area contributed by atoms with E-state index in [0.717, 1.165) is 19.4 Å². The fourth-order valence-corrected chi connectivity index (χ4v) is 3.71. The second-order valence-electron chi connectivity index (χ2n) is 6.29. The average molecular weight is 291 g/mol. The van der Waals surface area contributed by atoms with Crippen LogP contribution >= 0.6 is 0 Å². The number of piperidine rings is 1. The maximum atomic E-state index is 14.3. The van der Waals surface area contributed by atoms with Crippen molar-refractivity contribution in [2.45, 2.75) is 25.3 Å². The van der Waals surface area contributed by atoms with Gasteiger partial charge in [-0.1, -0.05) is 0 Å². The standard InChI is InChI=1S/C16H22FN3O/c1-18-14-8-11(7-13(17)15(14)19(2)3)16(21)20-9-10-4-5-12(20)6-10/h7-8,10,12,18H,4-6,9H2,1-3H3/t10-,12+/m0/s1. The molecule has 2 aliphatic rings. The van der Waals surface area contributed by atoms with Crippen molar-refractivity contribution in [1.82, 2.24) is 4.90 Å². The lowest BCUT2D eigenvalue weighted by molar-refractivity contribution is 0.0703. The average Bonchev–Trinajstić information content (AvgIpc) is 3.07. The number of likely N-dealkylation sites (tertiary alicyclic amines) is 1. The van der Waals surface area contributed by atoms with E-state index in [2.05, 4.69) is 5.32 Å². The number of halogens is 1. The second kappa shape index (κ2) is 5.20. The Kier molecular flexibility index (Phi) is 3.51. The minimum absolute atomic E-state index is 0.0390. The normalized spacial score (nSPS) is 23.5. The van der Waals surface area contributed by atoms with Crippen LogP contribution in [0.5, 0.6) is 0 Å². The number of hydrogen-bond donors (Lipinski definition) is 1. The molecule has 2 fully saturated rings. The molecular weight excluding hydrogens is 269 g/mol. The van der Waals surface area contributed by atoms with E-state index in [1.807, 2.05) is 4.90 Å². The number of fused-ring (bicyclic) bond motifs is 2. The lowest BCUT2D eigenvalue weighted by Gasteiger charge is -2.28. The molecule has 1 heterocycles. The van der Waals surface area contributed by atoms with E-state index in [0.29, 0.717) is 28.9 Å². The Morgan fingerprint density at radius 1 is 1.38 bits per heavy atom. The van der Waals surface area contributed by atoms with Gasteiger partial charge in [0.25, 0.3) is 5.91 Å². The molecule has 4 nitrogen and oxygen atoms in total. The molecule has 1 aliphatic heterocycles. The Morgan fingerprint density at radius 3 is 2.67 bits per heavy atom. The molecule has 2 atom stereocenters. The first-order chi connectivity index (χ1) is 10.0. The van der Waals surface area contributed by atoms with Crippen LogP contribution in [0.4, 0.5) is 15.8 Å². The van der Waals surface area contributed by atoms with Crippen molar-refractivity contribution in [2.75, 3.05) is 37.9 Å². The molecule has 114 valence electrons. The van der Waals surface area contributed by atoms with E-state index in [4.69, 9.17) is 0 Å². The van der Waals surface area contributed by atoms with Crippen molar-refractivity contribution >= 4 is 17.3 Å². The smallest absolute Gasteiger partial charge is 0.254 e. The molecule has 1 N–H and O–H groups in total. The highest BCUT2D eigenvalue weighted by Crippen LogP contribution is 2.38. The van der Waals surface area contributed by atoms with Crippen molar-refractivity contribution in [3.8, 4) is 0 Å². The minimum Gasteiger partial charge on any atom is -0.386 e. The van der Waals surface area contributed by atoms with Crippen LogP contribution in [-0.4, -0.2) is 44.5 Å². The molecule has 5 heteroatoms. The van der Waals surface area contributed by atoms with E-state index in [9.17, 15) is 9.18 Å². The molecular formula is C16H22FN3O. The largest absolute Gasteiger partial charge is 0.386 e. The highest BCUT2D eigenvalue weighted by Gasteiger charge is 2.40. The van der Waals surface area contributed by atoms with Crippen molar-refractivity contribution in [3.63, 3.8) is 0 Å². The van der Waals surface area contributed by atoms with Gasteiger partial charge < -0.3 is 15.1 Å². The maximum absolute atomic E-state index is 14.3. The molecule has 1 aromatic carbocycles. The van der Waals surface area contributed by atoms with Crippen LogP contribution in [0, 0.1) is 11.7 Å². The van der Waals surface area contributed by atoms with Crippen LogP contribution in [-0.2, 0) is 0 Å². The zero-order chi connectivity index (χ0) is 15.1. The molecule has 2 bridgehead atoms. The Labute approximate surface area is 124 Å². The van der Waals surface area contributed by atoms with Crippen molar-refractivity contribution in [1.29, 1.82) is 0 Å². The summed E-state index contributed by atoms with van der Waals surface area (Å²) in [7, 11) is 5.33. The maximum Gasteiger partial charge on any atom is 0.254 e. The fraction of sp³-hybridized carbons (Fsp3) is 0.562. The van der Waals surface area contributed by atoms with Gasteiger partial charge in [-0.05, 0) is 37.3 Å². The third-order valence-electron chi connectivity index (χ3n) is 4.70. The first kappa shape index (κ1) is 14.2. The number of rotatable bonds is 3. The van der Waals surface area contributed by atoms with Gasteiger partial charge in [-0.3, -0.25) is 4.79 Å². The van der Waals surface area contributed by atoms with Crippen molar-refractivity contribution < 1.29 is 9.18 Å². The Bertz CT molecular complexity index is 573.